The number of benzene rings is 5. The van der Waals surface area contributed by atoms with Crippen molar-refractivity contribution in [2.45, 2.75) is 43.6 Å². The summed E-state index contributed by atoms with van der Waals surface area (Å²) in [5.74, 6) is 0.841. The molecule has 3 aliphatic rings. The molecule has 2 aliphatic carbocycles. The third-order valence-corrected chi connectivity index (χ3v) is 11.9. The first-order chi connectivity index (χ1) is 20.8. The molecule has 0 N–H and O–H groups in total. The summed E-state index contributed by atoms with van der Waals surface area (Å²) in [5.41, 5.74) is 8.57. The average Bonchev–Trinajstić information content (AvgIpc) is 3.78. The standard InChI is InChI=1S/C39H34NOP/c1-4-12-28(13-5-1)26-31-27-41-38(40-31)34-20-10-14-29-22-24-39(36(29)34)25-23-30-15-11-21-35(37(30)39)42(32-16-6-2-7-17-32)33-18-8-3-9-19-33/h1-21,31H,22-27H2/t31?,39-/m1/s1. The lowest BCUT2D eigenvalue weighted by Crippen LogP contribution is -2.32. The second-order valence-electron chi connectivity index (χ2n) is 11.8. The van der Waals surface area contributed by atoms with Gasteiger partial charge in [0.15, 0.2) is 0 Å². The van der Waals surface area contributed by atoms with Crippen molar-refractivity contribution in [3.05, 3.63) is 161 Å². The lowest BCUT2D eigenvalue weighted by molar-refractivity contribution is 0.316. The van der Waals surface area contributed by atoms with Gasteiger partial charge in [-0.25, -0.2) is 4.99 Å². The fourth-order valence-electron chi connectivity index (χ4n) is 7.67. The largest absolute Gasteiger partial charge is 0.475 e. The van der Waals surface area contributed by atoms with Gasteiger partial charge in [0.2, 0.25) is 5.90 Å². The van der Waals surface area contributed by atoms with Crippen LogP contribution >= 0.6 is 7.92 Å². The first kappa shape index (κ1) is 25.7. The number of ether oxygens (including phenoxy) is 1. The molecular formula is C39H34NOP. The van der Waals surface area contributed by atoms with Crippen molar-refractivity contribution < 1.29 is 4.74 Å². The van der Waals surface area contributed by atoms with E-state index in [1.54, 1.807) is 5.56 Å². The first-order valence-electron chi connectivity index (χ1n) is 15.2. The summed E-state index contributed by atoms with van der Waals surface area (Å²) in [7, 11) is -0.697. The molecule has 2 atom stereocenters. The average molecular weight is 564 g/mol. The van der Waals surface area contributed by atoms with Crippen LogP contribution in [-0.2, 0) is 29.4 Å². The highest BCUT2D eigenvalue weighted by Crippen LogP contribution is 2.55. The maximum absolute atomic E-state index is 6.41. The summed E-state index contributed by atoms with van der Waals surface area (Å²) in [6.07, 6.45) is 5.43. The Bertz CT molecular complexity index is 1720. The van der Waals surface area contributed by atoms with Crippen LogP contribution in [0, 0.1) is 0 Å². The van der Waals surface area contributed by atoms with Gasteiger partial charge in [0.05, 0.1) is 6.04 Å². The highest BCUT2D eigenvalue weighted by molar-refractivity contribution is 7.79. The molecule has 42 heavy (non-hydrogen) atoms. The zero-order chi connectivity index (χ0) is 27.9. The van der Waals surface area contributed by atoms with Gasteiger partial charge in [-0.15, -0.1) is 0 Å². The molecule has 0 saturated carbocycles. The molecule has 3 heteroatoms. The molecule has 0 bridgehead atoms. The van der Waals surface area contributed by atoms with Gasteiger partial charge in [0.1, 0.15) is 6.61 Å². The fraction of sp³-hybridized carbons (Fsp3) is 0.205. The van der Waals surface area contributed by atoms with Gasteiger partial charge in [-0.3, -0.25) is 0 Å². The quantitative estimate of drug-likeness (QED) is 0.204. The molecule has 1 spiro atoms. The maximum atomic E-state index is 6.41. The van der Waals surface area contributed by atoms with Crippen LogP contribution in [0.1, 0.15) is 46.2 Å². The summed E-state index contributed by atoms with van der Waals surface area (Å²) < 4.78 is 6.41. The van der Waals surface area contributed by atoms with E-state index in [-0.39, 0.29) is 11.5 Å². The lowest BCUT2D eigenvalue weighted by Gasteiger charge is -2.33. The van der Waals surface area contributed by atoms with E-state index in [9.17, 15) is 0 Å². The van der Waals surface area contributed by atoms with Crippen LogP contribution in [0.5, 0.6) is 0 Å². The van der Waals surface area contributed by atoms with Crippen LogP contribution in [-0.4, -0.2) is 18.5 Å². The summed E-state index contributed by atoms with van der Waals surface area (Å²) in [5, 5.41) is 4.33. The van der Waals surface area contributed by atoms with E-state index in [2.05, 4.69) is 127 Å². The minimum atomic E-state index is -0.697. The van der Waals surface area contributed by atoms with Gasteiger partial charge in [-0.1, -0.05) is 121 Å². The normalized spacial score (nSPS) is 20.4. The SMILES string of the molecule is c1ccc(CC2COC(c3cccc4c3[C@@]3(CC4)CCc4cccc(P(c5ccccc5)c5ccccc5)c43)=N2)cc1. The zero-order valence-electron chi connectivity index (χ0n) is 23.7. The lowest BCUT2D eigenvalue weighted by atomic mass is 9.74. The van der Waals surface area contributed by atoms with E-state index >= 15 is 0 Å². The molecular weight excluding hydrogens is 529 g/mol. The van der Waals surface area contributed by atoms with E-state index in [4.69, 9.17) is 9.73 Å². The molecule has 0 radical (unpaired) electrons. The Morgan fingerprint density at radius 1 is 0.643 bits per heavy atom. The van der Waals surface area contributed by atoms with E-state index < -0.39 is 7.92 Å². The summed E-state index contributed by atoms with van der Waals surface area (Å²) in [6.45, 7) is 0.649. The highest BCUT2D eigenvalue weighted by atomic mass is 31.1. The van der Waals surface area contributed by atoms with Crippen LogP contribution in [0.4, 0.5) is 0 Å². The van der Waals surface area contributed by atoms with Crippen LogP contribution < -0.4 is 15.9 Å². The third-order valence-electron chi connectivity index (χ3n) is 9.41. The van der Waals surface area contributed by atoms with Gasteiger partial charge in [0.25, 0.3) is 0 Å². The van der Waals surface area contributed by atoms with E-state index in [0.29, 0.717) is 6.61 Å². The molecule has 1 heterocycles. The first-order valence-corrected chi connectivity index (χ1v) is 16.5. The number of fused-ring (bicyclic) bond motifs is 4. The number of hydrogen-bond acceptors (Lipinski definition) is 2. The topological polar surface area (TPSA) is 21.6 Å². The van der Waals surface area contributed by atoms with Crippen molar-refractivity contribution in [2.24, 2.45) is 4.99 Å². The molecule has 5 aromatic carbocycles. The minimum absolute atomic E-state index is 0.00854. The second kappa shape index (κ2) is 10.7. The number of aliphatic imine (C=N–C) groups is 1. The van der Waals surface area contributed by atoms with Crippen molar-refractivity contribution in [3.8, 4) is 0 Å². The smallest absolute Gasteiger partial charge is 0.216 e. The number of rotatable bonds is 6. The van der Waals surface area contributed by atoms with E-state index in [1.165, 1.54) is 43.7 Å². The highest BCUT2D eigenvalue weighted by Gasteiger charge is 2.49. The summed E-state index contributed by atoms with van der Waals surface area (Å²) in [6, 6.07) is 47.1. The summed E-state index contributed by atoms with van der Waals surface area (Å²) in [4.78, 5) is 5.19. The Kier molecular flexibility index (Phi) is 6.53. The van der Waals surface area contributed by atoms with Gasteiger partial charge in [-0.2, -0.15) is 0 Å². The molecule has 206 valence electrons. The number of aryl methyl sites for hydroxylation is 2. The molecule has 0 saturated heterocycles. The molecule has 8 rings (SSSR count). The number of hydrogen-bond donors (Lipinski definition) is 0. The maximum Gasteiger partial charge on any atom is 0.216 e. The minimum Gasteiger partial charge on any atom is -0.475 e. The molecule has 0 fully saturated rings. The van der Waals surface area contributed by atoms with Crippen molar-refractivity contribution in [2.75, 3.05) is 6.61 Å². The molecule has 2 nitrogen and oxygen atoms in total. The van der Waals surface area contributed by atoms with Crippen LogP contribution in [0.15, 0.2) is 132 Å². The Morgan fingerprint density at radius 3 is 1.90 bits per heavy atom. The van der Waals surface area contributed by atoms with Crippen molar-refractivity contribution in [3.63, 3.8) is 0 Å². The van der Waals surface area contributed by atoms with Gasteiger partial charge >= 0.3 is 0 Å². The van der Waals surface area contributed by atoms with Crippen LogP contribution in [0.3, 0.4) is 0 Å². The van der Waals surface area contributed by atoms with E-state index in [0.717, 1.165) is 38.0 Å². The third kappa shape index (κ3) is 4.32. The predicted molar refractivity (Wildman–Crippen MR) is 175 cm³/mol. The molecule has 0 aromatic heterocycles. The Morgan fingerprint density at radius 2 is 1.24 bits per heavy atom. The molecule has 5 aromatic rings. The van der Waals surface area contributed by atoms with Crippen LogP contribution in [0.2, 0.25) is 0 Å². The Balaban J connectivity index is 1.26. The monoisotopic (exact) mass is 563 g/mol. The van der Waals surface area contributed by atoms with E-state index in [1.807, 2.05) is 0 Å². The second-order valence-corrected chi connectivity index (χ2v) is 14.0. The van der Waals surface area contributed by atoms with Crippen molar-refractivity contribution in [1.29, 1.82) is 0 Å². The van der Waals surface area contributed by atoms with Crippen molar-refractivity contribution >= 4 is 29.7 Å². The fourth-order valence-corrected chi connectivity index (χ4v) is 10.3. The van der Waals surface area contributed by atoms with Gasteiger partial charge < -0.3 is 4.74 Å². The van der Waals surface area contributed by atoms with Crippen molar-refractivity contribution in [1.82, 2.24) is 0 Å². The Hall–Kier alpha value is -4.00. The van der Waals surface area contributed by atoms with Gasteiger partial charge in [-0.05, 0) is 89.8 Å². The van der Waals surface area contributed by atoms with Crippen LogP contribution in [0.25, 0.3) is 0 Å². The number of nitrogens with zero attached hydrogens (tertiary/aromatic N) is 1. The zero-order valence-corrected chi connectivity index (χ0v) is 24.6. The molecule has 1 aliphatic heterocycles. The predicted octanol–water partition coefficient (Wildman–Crippen LogP) is 7.01. The summed E-state index contributed by atoms with van der Waals surface area (Å²) >= 11 is 0. The van der Waals surface area contributed by atoms with Gasteiger partial charge in [0, 0.05) is 11.0 Å². The Labute approximate surface area is 249 Å². The molecule has 1 unspecified atom stereocenters. The molecule has 0 amide bonds.